The summed E-state index contributed by atoms with van der Waals surface area (Å²) in [6.07, 6.45) is 5.36. The maximum Gasteiger partial charge on any atom is 0.220 e. The third kappa shape index (κ3) is 8.54. The van der Waals surface area contributed by atoms with Gasteiger partial charge in [0.25, 0.3) is 0 Å². The molecule has 6 nitrogen and oxygen atoms in total. The highest BCUT2D eigenvalue weighted by molar-refractivity contribution is 14.0. The number of aliphatic imine (C=N–C) groups is 1. The smallest absolute Gasteiger partial charge is 0.220 e. The summed E-state index contributed by atoms with van der Waals surface area (Å²) in [5, 5.41) is 6.21. The lowest BCUT2D eigenvalue weighted by Crippen LogP contribution is -2.46. The number of piperidine rings is 2. The number of likely N-dealkylation sites (tertiary alicyclic amines) is 2. The first-order valence-corrected chi connectivity index (χ1v) is 12.1. The Morgan fingerprint density at radius 2 is 1.78 bits per heavy atom. The van der Waals surface area contributed by atoms with E-state index in [2.05, 4.69) is 58.5 Å². The summed E-state index contributed by atoms with van der Waals surface area (Å²) in [5.74, 6) is 2.50. The number of halogens is 1. The number of guanidine groups is 1. The van der Waals surface area contributed by atoms with E-state index in [4.69, 9.17) is 4.99 Å². The van der Waals surface area contributed by atoms with Gasteiger partial charge < -0.3 is 15.5 Å². The van der Waals surface area contributed by atoms with Crippen LogP contribution in [0.5, 0.6) is 0 Å². The van der Waals surface area contributed by atoms with Gasteiger partial charge >= 0.3 is 0 Å². The van der Waals surface area contributed by atoms with E-state index in [1.54, 1.807) is 7.05 Å². The first-order chi connectivity index (χ1) is 15.1. The van der Waals surface area contributed by atoms with E-state index >= 15 is 0 Å². The molecule has 180 valence electrons. The van der Waals surface area contributed by atoms with Gasteiger partial charge in [-0.15, -0.1) is 24.0 Å². The van der Waals surface area contributed by atoms with Crippen molar-refractivity contribution in [2.75, 3.05) is 39.8 Å². The highest BCUT2D eigenvalue weighted by atomic mass is 127. The molecule has 2 aliphatic rings. The highest BCUT2D eigenvalue weighted by Crippen LogP contribution is 2.21. The number of benzene rings is 1. The molecule has 0 radical (unpaired) electrons. The molecule has 1 aromatic carbocycles. The molecule has 3 rings (SSSR count). The molecule has 2 saturated heterocycles. The number of hydrogen-bond donors (Lipinski definition) is 2. The van der Waals surface area contributed by atoms with Crippen molar-refractivity contribution < 1.29 is 4.79 Å². The number of carbonyl (C=O) groups is 1. The van der Waals surface area contributed by atoms with Gasteiger partial charge in [0.05, 0.1) is 6.54 Å². The molecule has 0 bridgehead atoms. The molecule has 1 aromatic rings. The predicted molar refractivity (Wildman–Crippen MR) is 143 cm³/mol. The maximum absolute atomic E-state index is 11.7. The van der Waals surface area contributed by atoms with Crippen LogP contribution in [0.3, 0.4) is 0 Å². The fourth-order valence-electron chi connectivity index (χ4n) is 4.61. The average Bonchev–Trinajstić information content (AvgIpc) is 2.79. The normalized spacial score (nSPS) is 18.8. The zero-order valence-electron chi connectivity index (χ0n) is 20.1. The minimum Gasteiger partial charge on any atom is -0.359 e. The third-order valence-electron chi connectivity index (χ3n) is 6.69. The zero-order chi connectivity index (χ0) is 22.1. The minimum absolute atomic E-state index is 0. The molecule has 32 heavy (non-hydrogen) atoms. The molecule has 2 N–H and O–H groups in total. The molecule has 2 aliphatic heterocycles. The van der Waals surface area contributed by atoms with Gasteiger partial charge in [-0.1, -0.05) is 31.2 Å². The molecular weight excluding hydrogens is 513 g/mol. The van der Waals surface area contributed by atoms with Crippen molar-refractivity contribution in [2.24, 2.45) is 16.8 Å². The van der Waals surface area contributed by atoms with Gasteiger partial charge in [0.15, 0.2) is 5.96 Å². The molecular formula is C25H42IN5O. The Morgan fingerprint density at radius 1 is 1.09 bits per heavy atom. The molecule has 7 heteroatoms. The summed E-state index contributed by atoms with van der Waals surface area (Å²) >= 11 is 0. The number of rotatable bonds is 7. The van der Waals surface area contributed by atoms with Crippen molar-refractivity contribution in [3.05, 3.63) is 35.4 Å². The number of carbonyl (C=O) groups excluding carboxylic acids is 1. The topological polar surface area (TPSA) is 60.0 Å². The van der Waals surface area contributed by atoms with Gasteiger partial charge in [0, 0.05) is 39.6 Å². The number of hydrogen-bond acceptors (Lipinski definition) is 3. The summed E-state index contributed by atoms with van der Waals surface area (Å²) in [5.41, 5.74) is 2.66. The van der Waals surface area contributed by atoms with Crippen molar-refractivity contribution in [3.8, 4) is 0 Å². The van der Waals surface area contributed by atoms with E-state index in [0.29, 0.717) is 18.9 Å². The second-order valence-electron chi connectivity index (χ2n) is 9.26. The van der Waals surface area contributed by atoms with Crippen molar-refractivity contribution in [3.63, 3.8) is 0 Å². The largest absolute Gasteiger partial charge is 0.359 e. The predicted octanol–water partition coefficient (Wildman–Crippen LogP) is 3.85. The van der Waals surface area contributed by atoms with Crippen LogP contribution in [-0.2, 0) is 17.9 Å². The SMILES string of the molecule is CCNC(=NCc1cccc(CN2CCC(C)CC2)c1)N1CCC(CC(=O)NC)CC1.I. The van der Waals surface area contributed by atoms with Crippen LogP contribution in [0, 0.1) is 11.8 Å². The molecule has 0 saturated carbocycles. The van der Waals surface area contributed by atoms with Crippen LogP contribution in [0.2, 0.25) is 0 Å². The van der Waals surface area contributed by atoms with Crippen LogP contribution >= 0.6 is 24.0 Å². The first-order valence-electron chi connectivity index (χ1n) is 12.1. The first kappa shape index (κ1) is 26.9. The standard InChI is InChI=1S/C25H41N5O.HI/c1-4-27-25(30-14-10-21(11-15-30)17-24(31)26-3)28-18-22-6-5-7-23(16-22)19-29-12-8-20(2)9-13-29;/h5-7,16,20-21H,4,8-15,17-19H2,1-3H3,(H,26,31)(H,27,28);1H. The van der Waals surface area contributed by atoms with Gasteiger partial charge in [-0.2, -0.15) is 0 Å². The maximum atomic E-state index is 11.7. The van der Waals surface area contributed by atoms with Crippen molar-refractivity contribution >= 4 is 35.8 Å². The summed E-state index contributed by atoms with van der Waals surface area (Å²) in [4.78, 5) is 21.5. The summed E-state index contributed by atoms with van der Waals surface area (Å²) < 4.78 is 0. The van der Waals surface area contributed by atoms with Crippen molar-refractivity contribution in [1.29, 1.82) is 0 Å². The third-order valence-corrected chi connectivity index (χ3v) is 6.69. The molecule has 2 heterocycles. The van der Waals surface area contributed by atoms with E-state index in [1.165, 1.54) is 37.1 Å². The molecule has 2 fully saturated rings. The summed E-state index contributed by atoms with van der Waals surface area (Å²) in [6.45, 7) is 11.4. The lowest BCUT2D eigenvalue weighted by atomic mass is 9.93. The minimum atomic E-state index is 0. The fraction of sp³-hybridized carbons (Fsp3) is 0.680. The van der Waals surface area contributed by atoms with Crippen LogP contribution in [0.1, 0.15) is 57.1 Å². The van der Waals surface area contributed by atoms with E-state index in [9.17, 15) is 4.79 Å². The van der Waals surface area contributed by atoms with Gasteiger partial charge in [-0.25, -0.2) is 4.99 Å². The average molecular weight is 556 g/mol. The fourth-order valence-corrected chi connectivity index (χ4v) is 4.61. The Labute approximate surface area is 211 Å². The molecule has 0 atom stereocenters. The van der Waals surface area contributed by atoms with E-state index in [0.717, 1.165) is 50.9 Å². The van der Waals surface area contributed by atoms with Crippen LogP contribution in [0.4, 0.5) is 0 Å². The zero-order valence-corrected chi connectivity index (χ0v) is 22.4. The monoisotopic (exact) mass is 555 g/mol. The Morgan fingerprint density at radius 3 is 2.44 bits per heavy atom. The second-order valence-corrected chi connectivity index (χ2v) is 9.26. The van der Waals surface area contributed by atoms with Crippen LogP contribution in [-0.4, -0.2) is 61.4 Å². The van der Waals surface area contributed by atoms with E-state index in [1.807, 2.05) is 0 Å². The van der Waals surface area contributed by atoms with Gasteiger partial charge in [-0.05, 0) is 68.7 Å². The molecule has 0 aromatic heterocycles. The molecule has 0 spiro atoms. The Kier molecular flexibility index (Phi) is 11.8. The van der Waals surface area contributed by atoms with Crippen LogP contribution < -0.4 is 10.6 Å². The van der Waals surface area contributed by atoms with E-state index in [-0.39, 0.29) is 29.9 Å². The Hall–Kier alpha value is -1.35. The lowest BCUT2D eigenvalue weighted by Gasteiger charge is -2.34. The second kappa shape index (κ2) is 14.0. The summed E-state index contributed by atoms with van der Waals surface area (Å²) in [7, 11) is 1.72. The summed E-state index contributed by atoms with van der Waals surface area (Å²) in [6, 6.07) is 8.92. The Balaban J connectivity index is 0.00000363. The van der Waals surface area contributed by atoms with Crippen molar-refractivity contribution in [1.82, 2.24) is 20.4 Å². The quantitative estimate of drug-likeness (QED) is 0.305. The molecule has 1 amide bonds. The molecule has 0 unspecified atom stereocenters. The van der Waals surface area contributed by atoms with Crippen molar-refractivity contribution in [2.45, 2.75) is 59.0 Å². The Bertz CT molecular complexity index is 725. The highest BCUT2D eigenvalue weighted by Gasteiger charge is 2.23. The van der Waals surface area contributed by atoms with Crippen LogP contribution in [0.25, 0.3) is 0 Å². The number of nitrogens with zero attached hydrogens (tertiary/aromatic N) is 3. The van der Waals surface area contributed by atoms with Gasteiger partial charge in [-0.3, -0.25) is 9.69 Å². The van der Waals surface area contributed by atoms with Crippen LogP contribution in [0.15, 0.2) is 29.3 Å². The lowest BCUT2D eigenvalue weighted by molar-refractivity contribution is -0.121. The van der Waals surface area contributed by atoms with Gasteiger partial charge in [0.2, 0.25) is 5.91 Å². The van der Waals surface area contributed by atoms with Gasteiger partial charge in [0.1, 0.15) is 0 Å². The molecule has 0 aliphatic carbocycles. The van der Waals surface area contributed by atoms with E-state index < -0.39 is 0 Å². The number of amides is 1. The number of nitrogens with one attached hydrogen (secondary N) is 2.